The highest BCUT2D eigenvalue weighted by Crippen LogP contribution is 2.25. The molecular formula is C25H26ClN3O4S. The van der Waals surface area contributed by atoms with Crippen molar-refractivity contribution in [2.75, 3.05) is 35.9 Å². The number of rotatable bonds is 7. The van der Waals surface area contributed by atoms with Crippen molar-refractivity contribution in [2.24, 2.45) is 0 Å². The molecule has 1 fully saturated rings. The fourth-order valence-electron chi connectivity index (χ4n) is 3.61. The molecule has 0 radical (unpaired) electrons. The zero-order chi connectivity index (χ0) is 24.1. The number of carbonyl (C=O) groups excluding carboxylic acids is 1. The smallest absolute Gasteiger partial charge is 0.263 e. The summed E-state index contributed by atoms with van der Waals surface area (Å²) in [6.07, 6.45) is 0. The molecule has 1 aliphatic rings. The summed E-state index contributed by atoms with van der Waals surface area (Å²) < 4.78 is 33.7. The normalized spacial score (nSPS) is 14.0. The predicted molar refractivity (Wildman–Crippen MR) is 134 cm³/mol. The molecule has 2 N–H and O–H groups in total. The Morgan fingerprint density at radius 3 is 2.35 bits per heavy atom. The first kappa shape index (κ1) is 24.1. The summed E-state index contributed by atoms with van der Waals surface area (Å²) in [7, 11) is -3.97. The zero-order valence-electron chi connectivity index (χ0n) is 18.8. The number of aryl methyl sites for hydroxylation is 1. The standard InChI is InChI=1S/C25H26ClN3O4S/c1-18-2-7-21(8-3-18)28-34(31,32)24-16-20(6-11-23(24)26)25(30)27-17-19-4-9-22(10-5-19)29-12-14-33-15-13-29/h2-11,16,28H,12-15,17H2,1H3,(H,27,30). The highest BCUT2D eigenvalue weighted by Gasteiger charge is 2.20. The quantitative estimate of drug-likeness (QED) is 0.508. The van der Waals surface area contributed by atoms with Crippen molar-refractivity contribution >= 4 is 38.9 Å². The maximum absolute atomic E-state index is 12.9. The number of amides is 1. The van der Waals surface area contributed by atoms with Crippen LogP contribution in [-0.4, -0.2) is 40.6 Å². The van der Waals surface area contributed by atoms with E-state index in [1.165, 1.54) is 18.2 Å². The predicted octanol–water partition coefficient (Wildman–Crippen LogP) is 4.22. The van der Waals surface area contributed by atoms with Crippen LogP contribution in [0, 0.1) is 6.92 Å². The van der Waals surface area contributed by atoms with E-state index in [9.17, 15) is 13.2 Å². The van der Waals surface area contributed by atoms with Gasteiger partial charge < -0.3 is 15.0 Å². The number of hydrogen-bond donors (Lipinski definition) is 2. The van der Waals surface area contributed by atoms with Gasteiger partial charge >= 0.3 is 0 Å². The summed E-state index contributed by atoms with van der Waals surface area (Å²) >= 11 is 6.17. The molecule has 1 heterocycles. The Bertz CT molecular complexity index is 1260. The van der Waals surface area contributed by atoms with Crippen LogP contribution in [0.3, 0.4) is 0 Å². The Balaban J connectivity index is 1.42. The summed E-state index contributed by atoms with van der Waals surface area (Å²) in [5, 5.41) is 2.87. The van der Waals surface area contributed by atoms with Gasteiger partial charge in [0.1, 0.15) is 4.90 Å². The van der Waals surface area contributed by atoms with E-state index >= 15 is 0 Å². The van der Waals surface area contributed by atoms with E-state index in [1.807, 2.05) is 31.2 Å². The van der Waals surface area contributed by atoms with Crippen LogP contribution in [0.4, 0.5) is 11.4 Å². The van der Waals surface area contributed by atoms with Crippen LogP contribution in [0.2, 0.25) is 5.02 Å². The summed E-state index contributed by atoms with van der Waals surface area (Å²) in [4.78, 5) is 14.8. The lowest BCUT2D eigenvalue weighted by atomic mass is 10.1. The summed E-state index contributed by atoms with van der Waals surface area (Å²) in [6.45, 7) is 5.38. The van der Waals surface area contributed by atoms with Crippen LogP contribution in [-0.2, 0) is 21.3 Å². The summed E-state index contributed by atoms with van der Waals surface area (Å²) in [5.74, 6) is -0.388. The first-order valence-corrected chi connectivity index (χ1v) is 12.8. The third kappa shape index (κ3) is 5.88. The minimum Gasteiger partial charge on any atom is -0.378 e. The van der Waals surface area contributed by atoms with E-state index in [0.717, 1.165) is 43.1 Å². The molecule has 9 heteroatoms. The summed E-state index contributed by atoms with van der Waals surface area (Å²) in [6, 6.07) is 19.1. The minimum atomic E-state index is -3.97. The summed E-state index contributed by atoms with van der Waals surface area (Å²) in [5.41, 5.74) is 3.69. The van der Waals surface area contributed by atoms with E-state index in [0.29, 0.717) is 12.2 Å². The monoisotopic (exact) mass is 499 g/mol. The molecule has 0 bridgehead atoms. The molecule has 0 atom stereocenters. The van der Waals surface area contributed by atoms with E-state index < -0.39 is 10.0 Å². The van der Waals surface area contributed by atoms with Crippen LogP contribution in [0.1, 0.15) is 21.5 Å². The van der Waals surface area contributed by atoms with E-state index in [1.54, 1.807) is 24.3 Å². The Labute approximate surface area is 204 Å². The van der Waals surface area contributed by atoms with Crippen molar-refractivity contribution in [3.63, 3.8) is 0 Å². The lowest BCUT2D eigenvalue weighted by Crippen LogP contribution is -2.36. The van der Waals surface area contributed by atoms with Gasteiger partial charge in [0.15, 0.2) is 0 Å². The first-order valence-electron chi connectivity index (χ1n) is 10.9. The molecule has 3 aromatic rings. The van der Waals surface area contributed by atoms with Gasteiger partial charge in [0, 0.05) is 36.6 Å². The van der Waals surface area contributed by atoms with Crippen molar-refractivity contribution in [1.82, 2.24) is 5.32 Å². The van der Waals surface area contributed by atoms with E-state index in [-0.39, 0.29) is 21.4 Å². The third-order valence-electron chi connectivity index (χ3n) is 5.55. The molecule has 7 nitrogen and oxygen atoms in total. The van der Waals surface area contributed by atoms with Gasteiger partial charge in [-0.15, -0.1) is 0 Å². The Hall–Kier alpha value is -3.07. The average Bonchev–Trinajstić information content (AvgIpc) is 2.85. The molecular weight excluding hydrogens is 474 g/mol. The second-order valence-corrected chi connectivity index (χ2v) is 10.1. The zero-order valence-corrected chi connectivity index (χ0v) is 20.3. The van der Waals surface area contributed by atoms with Crippen LogP contribution in [0.25, 0.3) is 0 Å². The number of ether oxygens (including phenoxy) is 1. The number of sulfonamides is 1. The number of nitrogens with zero attached hydrogens (tertiary/aromatic N) is 1. The van der Waals surface area contributed by atoms with Gasteiger partial charge in [-0.1, -0.05) is 41.4 Å². The Morgan fingerprint density at radius 2 is 1.68 bits per heavy atom. The van der Waals surface area contributed by atoms with Gasteiger partial charge in [0.2, 0.25) is 0 Å². The molecule has 1 saturated heterocycles. The molecule has 34 heavy (non-hydrogen) atoms. The minimum absolute atomic E-state index is 0.0369. The van der Waals surface area contributed by atoms with Gasteiger partial charge in [-0.25, -0.2) is 8.42 Å². The van der Waals surface area contributed by atoms with Crippen molar-refractivity contribution in [3.05, 3.63) is 88.4 Å². The highest BCUT2D eigenvalue weighted by molar-refractivity contribution is 7.92. The maximum Gasteiger partial charge on any atom is 0.263 e. The van der Waals surface area contributed by atoms with Crippen molar-refractivity contribution in [1.29, 1.82) is 0 Å². The number of nitrogens with one attached hydrogen (secondary N) is 2. The van der Waals surface area contributed by atoms with E-state index in [4.69, 9.17) is 16.3 Å². The topological polar surface area (TPSA) is 87.7 Å². The van der Waals surface area contributed by atoms with Gasteiger partial charge in [0.25, 0.3) is 15.9 Å². The van der Waals surface area contributed by atoms with Crippen LogP contribution >= 0.6 is 11.6 Å². The lowest BCUT2D eigenvalue weighted by Gasteiger charge is -2.28. The van der Waals surface area contributed by atoms with Gasteiger partial charge in [-0.2, -0.15) is 0 Å². The number of benzene rings is 3. The lowest BCUT2D eigenvalue weighted by molar-refractivity contribution is 0.0950. The second kappa shape index (κ2) is 10.5. The van der Waals surface area contributed by atoms with Crippen molar-refractivity contribution in [3.8, 4) is 0 Å². The van der Waals surface area contributed by atoms with Crippen molar-refractivity contribution in [2.45, 2.75) is 18.4 Å². The maximum atomic E-state index is 12.9. The Kier molecular flexibility index (Phi) is 7.41. The fraction of sp³-hybridized carbons (Fsp3) is 0.240. The van der Waals surface area contributed by atoms with Gasteiger partial charge in [-0.3, -0.25) is 9.52 Å². The van der Waals surface area contributed by atoms with Crippen molar-refractivity contribution < 1.29 is 17.9 Å². The SMILES string of the molecule is Cc1ccc(NS(=O)(=O)c2cc(C(=O)NCc3ccc(N4CCOCC4)cc3)ccc2Cl)cc1. The number of hydrogen-bond acceptors (Lipinski definition) is 5. The number of anilines is 2. The molecule has 0 spiro atoms. The molecule has 0 unspecified atom stereocenters. The third-order valence-corrected chi connectivity index (χ3v) is 7.42. The molecule has 0 saturated carbocycles. The molecule has 178 valence electrons. The molecule has 4 rings (SSSR count). The van der Waals surface area contributed by atoms with Crippen LogP contribution < -0.4 is 14.9 Å². The number of halogens is 1. The highest BCUT2D eigenvalue weighted by atomic mass is 35.5. The molecule has 0 aliphatic carbocycles. The second-order valence-electron chi connectivity index (χ2n) is 8.07. The fourth-order valence-corrected chi connectivity index (χ4v) is 5.20. The van der Waals surface area contributed by atoms with E-state index in [2.05, 4.69) is 14.9 Å². The molecule has 1 aliphatic heterocycles. The van der Waals surface area contributed by atoms with Crippen LogP contribution in [0.15, 0.2) is 71.6 Å². The van der Waals surface area contributed by atoms with Crippen LogP contribution in [0.5, 0.6) is 0 Å². The first-order chi connectivity index (χ1) is 16.3. The molecule has 3 aromatic carbocycles. The largest absolute Gasteiger partial charge is 0.378 e. The molecule has 1 amide bonds. The van der Waals surface area contributed by atoms with Gasteiger partial charge in [-0.05, 0) is 55.0 Å². The molecule has 0 aromatic heterocycles. The average molecular weight is 500 g/mol. The number of morpholine rings is 1. The van der Waals surface area contributed by atoms with Gasteiger partial charge in [0.05, 0.1) is 18.2 Å². The Morgan fingerprint density at radius 1 is 1.00 bits per heavy atom. The number of carbonyl (C=O) groups is 1.